The van der Waals surface area contributed by atoms with Crippen molar-refractivity contribution in [2.45, 2.75) is 19.6 Å². The Hall–Kier alpha value is -1.85. The first-order valence-corrected chi connectivity index (χ1v) is 7.42. The fourth-order valence-corrected chi connectivity index (χ4v) is 3.01. The van der Waals surface area contributed by atoms with Crippen LogP contribution in [-0.2, 0) is 6.54 Å². The summed E-state index contributed by atoms with van der Waals surface area (Å²) in [5.41, 5.74) is 7.47. The molecule has 0 saturated carbocycles. The Balaban J connectivity index is 2.00. The van der Waals surface area contributed by atoms with Crippen molar-refractivity contribution in [1.29, 1.82) is 0 Å². The molecule has 0 fully saturated rings. The number of rotatable bonds is 2. The molecule has 1 aliphatic rings. The highest BCUT2D eigenvalue weighted by Gasteiger charge is 2.28. The Morgan fingerprint density at radius 1 is 1.50 bits per heavy atom. The predicted molar refractivity (Wildman–Crippen MR) is 80.4 cm³/mol. The number of nitrogens with two attached hydrogens (primary N) is 1. The van der Waals surface area contributed by atoms with Gasteiger partial charge in [-0.05, 0) is 36.1 Å². The van der Waals surface area contributed by atoms with Crippen LogP contribution in [0.1, 0.15) is 22.2 Å². The van der Waals surface area contributed by atoms with Crippen molar-refractivity contribution in [3.63, 3.8) is 0 Å². The molecule has 104 valence electrons. The van der Waals surface area contributed by atoms with E-state index in [2.05, 4.69) is 0 Å². The number of amides is 1. The summed E-state index contributed by atoms with van der Waals surface area (Å²) in [4.78, 5) is 15.1. The summed E-state index contributed by atoms with van der Waals surface area (Å²) in [5.74, 6) is 0.758. The standard InChI is InChI=1S/C15H16N2O2S/c1-10-9-17(15(18)14-3-2-6-20-14)12-5-4-11(8-16)7-13(12)19-10/h2-7,10H,8-9,16H2,1H3. The molecule has 1 unspecified atom stereocenters. The van der Waals surface area contributed by atoms with Crippen molar-refractivity contribution < 1.29 is 9.53 Å². The molecule has 1 amide bonds. The Labute approximate surface area is 121 Å². The molecule has 0 spiro atoms. The number of fused-ring (bicyclic) bond motifs is 1. The number of carbonyl (C=O) groups is 1. The van der Waals surface area contributed by atoms with Crippen LogP contribution < -0.4 is 15.4 Å². The lowest BCUT2D eigenvalue weighted by atomic mass is 10.1. The molecule has 20 heavy (non-hydrogen) atoms. The summed E-state index contributed by atoms with van der Waals surface area (Å²) in [5, 5.41) is 1.91. The fraction of sp³-hybridized carbons (Fsp3) is 0.267. The number of nitrogens with zero attached hydrogens (tertiary/aromatic N) is 1. The third kappa shape index (κ3) is 2.30. The van der Waals surface area contributed by atoms with Crippen molar-refractivity contribution in [2.24, 2.45) is 5.73 Å². The van der Waals surface area contributed by atoms with E-state index in [4.69, 9.17) is 10.5 Å². The monoisotopic (exact) mass is 288 g/mol. The zero-order chi connectivity index (χ0) is 14.1. The van der Waals surface area contributed by atoms with Gasteiger partial charge in [0.25, 0.3) is 5.91 Å². The van der Waals surface area contributed by atoms with Gasteiger partial charge < -0.3 is 15.4 Å². The number of benzene rings is 1. The van der Waals surface area contributed by atoms with E-state index in [1.807, 2.05) is 42.6 Å². The first-order chi connectivity index (χ1) is 9.69. The highest BCUT2D eigenvalue weighted by atomic mass is 32.1. The topological polar surface area (TPSA) is 55.6 Å². The smallest absolute Gasteiger partial charge is 0.268 e. The number of anilines is 1. The third-order valence-electron chi connectivity index (χ3n) is 3.30. The summed E-state index contributed by atoms with van der Waals surface area (Å²) in [7, 11) is 0. The van der Waals surface area contributed by atoms with Gasteiger partial charge in [0.05, 0.1) is 17.1 Å². The number of hydrogen-bond acceptors (Lipinski definition) is 4. The first kappa shape index (κ1) is 13.1. The van der Waals surface area contributed by atoms with Crippen LogP contribution in [0.15, 0.2) is 35.7 Å². The molecule has 1 atom stereocenters. The van der Waals surface area contributed by atoms with Gasteiger partial charge in [-0.15, -0.1) is 11.3 Å². The van der Waals surface area contributed by atoms with Gasteiger partial charge in [0.2, 0.25) is 0 Å². The Morgan fingerprint density at radius 3 is 3.05 bits per heavy atom. The van der Waals surface area contributed by atoms with Gasteiger partial charge in [-0.2, -0.15) is 0 Å². The van der Waals surface area contributed by atoms with Gasteiger partial charge in [-0.1, -0.05) is 12.1 Å². The Morgan fingerprint density at radius 2 is 2.35 bits per heavy atom. The zero-order valence-corrected chi connectivity index (χ0v) is 12.0. The summed E-state index contributed by atoms with van der Waals surface area (Å²) in [6, 6.07) is 9.50. The van der Waals surface area contributed by atoms with Crippen LogP contribution in [0.3, 0.4) is 0 Å². The lowest BCUT2D eigenvalue weighted by Crippen LogP contribution is -2.42. The van der Waals surface area contributed by atoms with E-state index in [9.17, 15) is 4.79 Å². The fourth-order valence-electron chi connectivity index (χ4n) is 2.34. The Bertz CT molecular complexity index is 625. The summed E-state index contributed by atoms with van der Waals surface area (Å²) >= 11 is 1.46. The SMILES string of the molecule is CC1CN(C(=O)c2cccs2)c2ccc(CN)cc2O1. The number of carbonyl (C=O) groups excluding carboxylic acids is 1. The van der Waals surface area contributed by atoms with Gasteiger partial charge >= 0.3 is 0 Å². The predicted octanol–water partition coefficient (Wildman–Crippen LogP) is 2.63. The second-order valence-corrected chi connectivity index (χ2v) is 5.78. The molecule has 5 heteroatoms. The highest BCUT2D eigenvalue weighted by molar-refractivity contribution is 7.12. The largest absolute Gasteiger partial charge is 0.487 e. The lowest BCUT2D eigenvalue weighted by molar-refractivity contribution is 0.0965. The van der Waals surface area contributed by atoms with Crippen molar-refractivity contribution in [3.8, 4) is 5.75 Å². The molecule has 2 aromatic rings. The van der Waals surface area contributed by atoms with Crippen LogP contribution in [-0.4, -0.2) is 18.6 Å². The normalized spacial score (nSPS) is 17.5. The molecular formula is C15H16N2O2S. The molecule has 0 radical (unpaired) electrons. The molecule has 2 heterocycles. The second kappa shape index (κ2) is 5.26. The maximum absolute atomic E-state index is 12.6. The molecule has 1 aliphatic heterocycles. The molecule has 2 N–H and O–H groups in total. The average Bonchev–Trinajstić information content (AvgIpc) is 2.99. The van der Waals surface area contributed by atoms with E-state index >= 15 is 0 Å². The molecule has 0 bridgehead atoms. The van der Waals surface area contributed by atoms with Crippen molar-refractivity contribution in [1.82, 2.24) is 0 Å². The minimum atomic E-state index is -0.0283. The molecule has 4 nitrogen and oxygen atoms in total. The molecular weight excluding hydrogens is 272 g/mol. The van der Waals surface area contributed by atoms with Crippen LogP contribution in [0, 0.1) is 0 Å². The third-order valence-corrected chi connectivity index (χ3v) is 4.15. The maximum atomic E-state index is 12.6. The van der Waals surface area contributed by atoms with Crippen molar-refractivity contribution in [2.75, 3.05) is 11.4 Å². The maximum Gasteiger partial charge on any atom is 0.268 e. The molecule has 3 rings (SSSR count). The van der Waals surface area contributed by atoms with E-state index < -0.39 is 0 Å². The first-order valence-electron chi connectivity index (χ1n) is 6.54. The van der Waals surface area contributed by atoms with Crippen LogP contribution in [0.5, 0.6) is 5.75 Å². The minimum absolute atomic E-state index is 0.0249. The van der Waals surface area contributed by atoms with Gasteiger partial charge in [0.1, 0.15) is 11.9 Å². The summed E-state index contributed by atoms with van der Waals surface area (Å²) < 4.78 is 5.83. The molecule has 0 aliphatic carbocycles. The summed E-state index contributed by atoms with van der Waals surface area (Å²) in [6.07, 6.45) is -0.0283. The minimum Gasteiger partial charge on any atom is -0.487 e. The van der Waals surface area contributed by atoms with E-state index in [1.54, 1.807) is 4.90 Å². The highest BCUT2D eigenvalue weighted by Crippen LogP contribution is 2.35. The van der Waals surface area contributed by atoms with Gasteiger partial charge in [-0.3, -0.25) is 4.79 Å². The van der Waals surface area contributed by atoms with Crippen molar-refractivity contribution in [3.05, 3.63) is 46.2 Å². The van der Waals surface area contributed by atoms with Crippen LogP contribution >= 0.6 is 11.3 Å². The van der Waals surface area contributed by atoms with Crippen LogP contribution in [0.4, 0.5) is 5.69 Å². The van der Waals surface area contributed by atoms with Gasteiger partial charge in [0, 0.05) is 6.54 Å². The summed E-state index contributed by atoms with van der Waals surface area (Å²) in [6.45, 7) is 2.99. The molecule has 1 aromatic heterocycles. The average molecular weight is 288 g/mol. The van der Waals surface area contributed by atoms with Crippen molar-refractivity contribution >= 4 is 22.9 Å². The second-order valence-electron chi connectivity index (χ2n) is 4.83. The van der Waals surface area contributed by atoms with Crippen LogP contribution in [0.2, 0.25) is 0 Å². The molecule has 0 saturated heterocycles. The quantitative estimate of drug-likeness (QED) is 0.924. The van der Waals surface area contributed by atoms with E-state index in [-0.39, 0.29) is 12.0 Å². The Kier molecular flexibility index (Phi) is 3.46. The van der Waals surface area contributed by atoms with E-state index in [1.165, 1.54) is 11.3 Å². The van der Waals surface area contributed by atoms with E-state index in [0.29, 0.717) is 13.1 Å². The van der Waals surface area contributed by atoms with E-state index in [0.717, 1.165) is 21.9 Å². The zero-order valence-electron chi connectivity index (χ0n) is 11.2. The van der Waals surface area contributed by atoms with Gasteiger partial charge in [0.15, 0.2) is 0 Å². The van der Waals surface area contributed by atoms with Crippen LogP contribution in [0.25, 0.3) is 0 Å². The number of thiophene rings is 1. The lowest BCUT2D eigenvalue weighted by Gasteiger charge is -2.33. The number of hydrogen-bond donors (Lipinski definition) is 1. The number of ether oxygens (including phenoxy) is 1. The van der Waals surface area contributed by atoms with Gasteiger partial charge in [-0.25, -0.2) is 0 Å². The molecule has 1 aromatic carbocycles.